The molecule has 0 amide bonds. The van der Waals surface area contributed by atoms with Crippen molar-refractivity contribution in [3.05, 3.63) is 126 Å². The third kappa shape index (κ3) is 7.69. The van der Waals surface area contributed by atoms with Crippen LogP contribution in [0, 0.1) is 64.1 Å². The number of hydrogen-bond donors (Lipinski definition) is 0. The normalized spacial score (nSPS) is 10.2. The minimum Gasteiger partial charge on any atom is -0.358 e. The van der Waals surface area contributed by atoms with E-state index in [4.69, 9.17) is 0 Å². The van der Waals surface area contributed by atoms with E-state index in [0.29, 0.717) is 5.69 Å². The molecule has 2 aromatic carbocycles. The number of imidazole rings is 2. The van der Waals surface area contributed by atoms with Crippen LogP contribution in [-0.4, -0.2) is 24.4 Å². The fraction of sp³-hybridized carbons (Fsp3) is 0.194. The van der Waals surface area contributed by atoms with Gasteiger partial charge < -0.3 is 28.5 Å². The Morgan fingerprint density at radius 2 is 1.29 bits per heavy atom. The maximum Gasteiger partial charge on any atom is 0.241 e. The van der Waals surface area contributed by atoms with E-state index >= 15 is 0 Å². The van der Waals surface area contributed by atoms with Crippen LogP contribution in [-0.2, 0) is 34.2 Å². The van der Waals surface area contributed by atoms with E-state index in [1.807, 2.05) is 78.3 Å². The first kappa shape index (κ1) is 32.2. The van der Waals surface area contributed by atoms with Crippen LogP contribution in [0.4, 0.5) is 8.78 Å². The first-order valence-electron chi connectivity index (χ1n) is 12.7. The van der Waals surface area contributed by atoms with Gasteiger partial charge in [0.2, 0.25) is 12.7 Å². The first-order valence-corrected chi connectivity index (χ1v) is 12.7. The molecule has 0 fully saturated rings. The second-order valence-corrected chi connectivity index (χ2v) is 9.15. The van der Waals surface area contributed by atoms with Crippen LogP contribution in [0.25, 0.3) is 22.8 Å². The van der Waals surface area contributed by atoms with Crippen LogP contribution in [0.15, 0.2) is 67.0 Å². The Balaban J connectivity index is 0.000000173. The number of nitrogens with zero attached hydrogens (tertiary/aromatic N) is 8. The van der Waals surface area contributed by atoms with Gasteiger partial charge in [0.05, 0.1) is 19.8 Å². The van der Waals surface area contributed by atoms with E-state index in [1.165, 1.54) is 24.3 Å². The molecule has 6 aromatic rings. The van der Waals surface area contributed by atoms with Crippen molar-refractivity contribution < 1.29 is 38.0 Å². The number of hydrogen-bond acceptors (Lipinski definition) is 3. The molecular formula is C31H29F2IrN8-3. The second-order valence-electron chi connectivity index (χ2n) is 9.15. The number of aryl methyl sites for hydroxylation is 2. The van der Waals surface area contributed by atoms with Crippen molar-refractivity contribution in [2.24, 2.45) is 14.1 Å². The van der Waals surface area contributed by atoms with Crippen molar-refractivity contribution in [2.75, 3.05) is 0 Å². The van der Waals surface area contributed by atoms with E-state index in [0.717, 1.165) is 39.8 Å². The molecule has 0 unspecified atom stereocenters. The van der Waals surface area contributed by atoms with Crippen molar-refractivity contribution >= 4 is 0 Å². The third-order valence-corrected chi connectivity index (χ3v) is 6.53. The van der Waals surface area contributed by atoms with E-state index in [9.17, 15) is 8.78 Å². The molecule has 4 aromatic heterocycles. The van der Waals surface area contributed by atoms with Gasteiger partial charge in [-0.05, 0) is 45.5 Å². The Labute approximate surface area is 257 Å². The maximum absolute atomic E-state index is 12.7. The summed E-state index contributed by atoms with van der Waals surface area (Å²) in [5, 5.41) is 10.8. The predicted molar refractivity (Wildman–Crippen MR) is 147 cm³/mol. The molecule has 11 heteroatoms. The SMILES string of the molecule is Cc1c(C)[n+](C)[c-]n1-c1[c-]cc(F)cc1.Cc1c(C)[n+](C)[c-]n1-c1[c-]cc(F)cc1.[Ir].c1ccc(-c2cnn[n-]2)nc1. The van der Waals surface area contributed by atoms with Gasteiger partial charge in [-0.3, -0.25) is 19.0 Å². The molecule has 6 rings (SSSR count). The molecule has 0 spiro atoms. The zero-order valence-electron chi connectivity index (χ0n) is 24.0. The standard InChI is InChI=1S/2C12H12FN2.C7H5N4.Ir/c2*1-9-10(2)15(8-14(9)3)12-6-4-11(13)5-7-12;1-2-4-8-6(3-1)7-5-9-11-10-7;/h2*4-6H,1-3H3;1-5H;/q3*-1;. The minimum absolute atomic E-state index is 0. The molecule has 0 N–H and O–H groups in total. The first-order chi connectivity index (χ1) is 19.7. The summed E-state index contributed by atoms with van der Waals surface area (Å²) >= 11 is 0. The minimum atomic E-state index is -0.273. The number of benzene rings is 2. The molecule has 0 bridgehead atoms. The van der Waals surface area contributed by atoms with Crippen LogP contribution in [0.2, 0.25) is 0 Å². The third-order valence-electron chi connectivity index (χ3n) is 6.53. The van der Waals surface area contributed by atoms with Gasteiger partial charge >= 0.3 is 0 Å². The molecule has 0 aliphatic carbocycles. The quantitative estimate of drug-likeness (QED) is 0.205. The van der Waals surface area contributed by atoms with E-state index < -0.39 is 0 Å². The van der Waals surface area contributed by atoms with Crippen LogP contribution in [0.5, 0.6) is 0 Å². The largest absolute Gasteiger partial charge is 0.358 e. The van der Waals surface area contributed by atoms with Crippen molar-refractivity contribution in [3.8, 4) is 22.8 Å². The average molecular weight is 744 g/mol. The molecule has 4 heterocycles. The Morgan fingerprint density at radius 3 is 1.62 bits per heavy atom. The van der Waals surface area contributed by atoms with Crippen LogP contribution >= 0.6 is 0 Å². The van der Waals surface area contributed by atoms with Crippen LogP contribution in [0.1, 0.15) is 22.8 Å². The van der Waals surface area contributed by atoms with Gasteiger partial charge in [0.1, 0.15) is 0 Å². The summed E-state index contributed by atoms with van der Waals surface area (Å²) in [6, 6.07) is 20.3. The van der Waals surface area contributed by atoms with E-state index in [1.54, 1.807) is 24.5 Å². The smallest absolute Gasteiger partial charge is 0.241 e. The molecule has 0 saturated heterocycles. The summed E-state index contributed by atoms with van der Waals surface area (Å²) in [5.41, 5.74) is 7.56. The molecule has 0 saturated carbocycles. The number of rotatable bonds is 3. The fourth-order valence-corrected chi connectivity index (χ4v) is 3.76. The maximum atomic E-state index is 12.7. The Hall–Kier alpha value is -4.34. The van der Waals surface area contributed by atoms with Crippen LogP contribution < -0.4 is 14.2 Å². The van der Waals surface area contributed by atoms with Gasteiger partial charge in [-0.25, -0.2) is 0 Å². The molecule has 42 heavy (non-hydrogen) atoms. The molecule has 0 aliphatic rings. The predicted octanol–water partition coefficient (Wildman–Crippen LogP) is 3.81. The van der Waals surface area contributed by atoms with Crippen molar-refractivity contribution in [1.82, 2.24) is 29.5 Å². The molecule has 8 nitrogen and oxygen atoms in total. The molecule has 0 aliphatic heterocycles. The van der Waals surface area contributed by atoms with Crippen molar-refractivity contribution in [2.45, 2.75) is 27.7 Å². The number of pyridine rings is 1. The molecule has 1 radical (unpaired) electrons. The fourth-order valence-electron chi connectivity index (χ4n) is 3.76. The molecule has 0 atom stereocenters. The summed E-state index contributed by atoms with van der Waals surface area (Å²) in [5.74, 6) is -0.547. The van der Waals surface area contributed by atoms with Gasteiger partial charge in [0.25, 0.3) is 0 Å². The Kier molecular flexibility index (Phi) is 11.1. The Bertz CT molecular complexity index is 1600. The van der Waals surface area contributed by atoms with Gasteiger partial charge in [0.15, 0.2) is 0 Å². The molecule has 219 valence electrons. The average Bonchev–Trinajstić information content (AvgIpc) is 3.68. The topological polar surface area (TPSA) is 70.4 Å². The number of halogens is 2. The van der Waals surface area contributed by atoms with E-state index in [-0.39, 0.29) is 31.7 Å². The van der Waals surface area contributed by atoms with Crippen molar-refractivity contribution in [3.63, 3.8) is 0 Å². The van der Waals surface area contributed by atoms with Gasteiger partial charge in [-0.15, -0.1) is 24.3 Å². The number of aromatic nitrogens is 8. The monoisotopic (exact) mass is 744 g/mol. The summed E-state index contributed by atoms with van der Waals surface area (Å²) in [6.07, 6.45) is 9.55. The van der Waals surface area contributed by atoms with Gasteiger partial charge in [0, 0.05) is 60.7 Å². The van der Waals surface area contributed by atoms with Crippen LogP contribution in [0.3, 0.4) is 0 Å². The zero-order valence-corrected chi connectivity index (χ0v) is 26.4. The molecular weight excluding hydrogens is 715 g/mol. The van der Waals surface area contributed by atoms with E-state index in [2.05, 4.69) is 45.2 Å². The Morgan fingerprint density at radius 1 is 0.762 bits per heavy atom. The summed E-state index contributed by atoms with van der Waals surface area (Å²) in [6.45, 7) is 8.05. The summed E-state index contributed by atoms with van der Waals surface area (Å²) < 4.78 is 33.0. The summed E-state index contributed by atoms with van der Waals surface area (Å²) in [4.78, 5) is 4.08. The van der Waals surface area contributed by atoms with Gasteiger partial charge in [-0.1, -0.05) is 23.6 Å². The zero-order chi connectivity index (χ0) is 29.5. The second kappa shape index (κ2) is 14.5. The summed E-state index contributed by atoms with van der Waals surface area (Å²) in [7, 11) is 3.87. The van der Waals surface area contributed by atoms with Crippen molar-refractivity contribution in [1.29, 1.82) is 0 Å². The van der Waals surface area contributed by atoms with Gasteiger partial charge in [-0.2, -0.15) is 24.3 Å².